The predicted molar refractivity (Wildman–Crippen MR) is 67.2 cm³/mol. The third-order valence-electron chi connectivity index (χ3n) is 1.75. The van der Waals surface area contributed by atoms with Crippen LogP contribution in [0.5, 0.6) is 0 Å². The lowest BCUT2D eigenvalue weighted by molar-refractivity contribution is 0.0938. The summed E-state index contributed by atoms with van der Waals surface area (Å²) in [5.41, 5.74) is 5.85. The second kappa shape index (κ2) is 5.43. The van der Waals surface area contributed by atoms with E-state index in [9.17, 15) is 4.79 Å². The van der Waals surface area contributed by atoms with Gasteiger partial charge < -0.3 is 11.1 Å². The minimum Gasteiger partial charge on any atom is -0.333 e. The number of nitrogens with one attached hydrogen (secondary N) is 1. The predicted octanol–water partition coefficient (Wildman–Crippen LogP) is 2.72. The number of hydrogen-bond acceptors (Lipinski definition) is 2. The van der Waals surface area contributed by atoms with Crippen LogP contribution in [-0.4, -0.2) is 15.9 Å². The quantitative estimate of drug-likeness (QED) is 0.652. The molecule has 1 unspecified atom stereocenters. The van der Waals surface area contributed by atoms with E-state index in [1.165, 1.54) is 0 Å². The van der Waals surface area contributed by atoms with Crippen molar-refractivity contribution in [1.82, 2.24) is 5.32 Å². The van der Waals surface area contributed by atoms with Crippen LogP contribution in [0.15, 0.2) is 24.3 Å². The third kappa shape index (κ3) is 4.00. The lowest BCUT2D eigenvalue weighted by Crippen LogP contribution is -2.50. The van der Waals surface area contributed by atoms with Crippen LogP contribution in [-0.2, 0) is 0 Å². The summed E-state index contributed by atoms with van der Waals surface area (Å²) < 4.78 is -1.75. The fourth-order valence-electron chi connectivity index (χ4n) is 0.908. The minimum atomic E-state index is -1.75. The number of halogens is 4. The summed E-state index contributed by atoms with van der Waals surface area (Å²) in [6.07, 6.45) is -1.08. The number of amides is 1. The van der Waals surface area contributed by atoms with Crippen molar-refractivity contribution in [1.29, 1.82) is 0 Å². The summed E-state index contributed by atoms with van der Waals surface area (Å²) in [5.74, 6) is -0.435. The summed E-state index contributed by atoms with van der Waals surface area (Å²) in [5, 5.41) is 2.89. The van der Waals surface area contributed by atoms with Crippen LogP contribution in [0.3, 0.4) is 0 Å². The Morgan fingerprint density at radius 1 is 1.25 bits per heavy atom. The Kier molecular flexibility index (Phi) is 4.71. The molecular formula is C9H8Cl4N2O. The number of rotatable bonds is 2. The Morgan fingerprint density at radius 3 is 2.19 bits per heavy atom. The van der Waals surface area contributed by atoms with Gasteiger partial charge in [-0.1, -0.05) is 46.4 Å². The summed E-state index contributed by atoms with van der Waals surface area (Å²) in [6.45, 7) is 0. The van der Waals surface area contributed by atoms with Crippen LogP contribution in [0, 0.1) is 0 Å². The highest BCUT2D eigenvalue weighted by molar-refractivity contribution is 6.68. The first-order chi connectivity index (χ1) is 7.30. The van der Waals surface area contributed by atoms with Gasteiger partial charge in [-0.05, 0) is 24.3 Å². The van der Waals surface area contributed by atoms with Gasteiger partial charge >= 0.3 is 0 Å². The van der Waals surface area contributed by atoms with Gasteiger partial charge in [0.1, 0.15) is 6.17 Å². The average Bonchev–Trinajstić information content (AvgIpc) is 2.17. The van der Waals surface area contributed by atoms with Crippen molar-refractivity contribution in [3.8, 4) is 0 Å². The molecule has 0 saturated heterocycles. The van der Waals surface area contributed by atoms with Gasteiger partial charge in [0.25, 0.3) is 5.91 Å². The maximum Gasteiger partial charge on any atom is 0.252 e. The van der Waals surface area contributed by atoms with Gasteiger partial charge in [-0.25, -0.2) is 0 Å². The zero-order valence-corrected chi connectivity index (χ0v) is 10.9. The molecule has 0 heterocycles. The summed E-state index contributed by atoms with van der Waals surface area (Å²) in [4.78, 5) is 11.6. The Balaban J connectivity index is 2.70. The number of alkyl halides is 3. The lowest BCUT2D eigenvalue weighted by Gasteiger charge is -2.21. The largest absolute Gasteiger partial charge is 0.333 e. The Bertz CT molecular complexity index is 374. The topological polar surface area (TPSA) is 55.1 Å². The maximum absolute atomic E-state index is 11.6. The SMILES string of the molecule is NC(NC(=O)c1ccc(Cl)cc1)C(Cl)(Cl)Cl. The van der Waals surface area contributed by atoms with Crippen molar-refractivity contribution in [2.45, 2.75) is 9.96 Å². The molecule has 88 valence electrons. The first-order valence-electron chi connectivity index (χ1n) is 4.19. The zero-order valence-electron chi connectivity index (χ0n) is 7.88. The van der Waals surface area contributed by atoms with E-state index >= 15 is 0 Å². The van der Waals surface area contributed by atoms with Crippen molar-refractivity contribution < 1.29 is 4.79 Å². The van der Waals surface area contributed by atoms with Crippen LogP contribution in [0.25, 0.3) is 0 Å². The van der Waals surface area contributed by atoms with Crippen molar-refractivity contribution in [3.63, 3.8) is 0 Å². The van der Waals surface area contributed by atoms with Crippen molar-refractivity contribution >= 4 is 52.3 Å². The van der Waals surface area contributed by atoms with E-state index in [-0.39, 0.29) is 0 Å². The fourth-order valence-corrected chi connectivity index (χ4v) is 1.20. The molecule has 7 heteroatoms. The molecule has 3 N–H and O–H groups in total. The molecule has 1 amide bonds. The van der Waals surface area contributed by atoms with Crippen LogP contribution >= 0.6 is 46.4 Å². The van der Waals surface area contributed by atoms with Gasteiger partial charge in [0.2, 0.25) is 3.79 Å². The molecule has 0 bridgehead atoms. The van der Waals surface area contributed by atoms with Gasteiger partial charge in [0.05, 0.1) is 0 Å². The van der Waals surface area contributed by atoms with Gasteiger partial charge in [0.15, 0.2) is 0 Å². The lowest BCUT2D eigenvalue weighted by atomic mass is 10.2. The van der Waals surface area contributed by atoms with Crippen LogP contribution in [0.2, 0.25) is 5.02 Å². The monoisotopic (exact) mass is 300 g/mol. The van der Waals surface area contributed by atoms with Crippen molar-refractivity contribution in [3.05, 3.63) is 34.9 Å². The molecule has 0 spiro atoms. The maximum atomic E-state index is 11.6. The molecular weight excluding hydrogens is 294 g/mol. The van der Waals surface area contributed by atoms with E-state index in [0.717, 1.165) is 0 Å². The highest BCUT2D eigenvalue weighted by atomic mass is 35.6. The molecule has 1 rings (SSSR count). The first-order valence-corrected chi connectivity index (χ1v) is 5.70. The van der Waals surface area contributed by atoms with Crippen LogP contribution < -0.4 is 11.1 Å². The fraction of sp³-hybridized carbons (Fsp3) is 0.222. The summed E-state index contributed by atoms with van der Waals surface area (Å²) in [7, 11) is 0. The molecule has 0 aliphatic rings. The normalized spacial score (nSPS) is 13.3. The molecule has 0 aliphatic heterocycles. The number of hydrogen-bond donors (Lipinski definition) is 2. The third-order valence-corrected chi connectivity index (χ3v) is 2.70. The van der Waals surface area contributed by atoms with E-state index in [1.54, 1.807) is 24.3 Å². The van der Waals surface area contributed by atoms with Crippen molar-refractivity contribution in [2.24, 2.45) is 5.73 Å². The van der Waals surface area contributed by atoms with Crippen LogP contribution in [0.4, 0.5) is 0 Å². The van der Waals surface area contributed by atoms with E-state index in [0.29, 0.717) is 10.6 Å². The molecule has 1 aromatic carbocycles. The van der Waals surface area contributed by atoms with Gasteiger partial charge in [-0.3, -0.25) is 4.79 Å². The van der Waals surface area contributed by atoms with E-state index in [2.05, 4.69) is 5.32 Å². The smallest absolute Gasteiger partial charge is 0.252 e. The second-order valence-corrected chi connectivity index (χ2v) is 5.81. The molecule has 1 atom stereocenters. The molecule has 0 aromatic heterocycles. The standard InChI is InChI=1S/C9H8Cl4N2O/c10-6-3-1-5(2-4-6)7(16)15-8(14)9(11,12)13/h1-4,8H,14H2,(H,15,16). The highest BCUT2D eigenvalue weighted by Crippen LogP contribution is 2.27. The van der Waals surface area contributed by atoms with Gasteiger partial charge in [-0.2, -0.15) is 0 Å². The molecule has 3 nitrogen and oxygen atoms in total. The van der Waals surface area contributed by atoms with Gasteiger partial charge in [-0.15, -0.1) is 0 Å². The van der Waals surface area contributed by atoms with Crippen LogP contribution in [0.1, 0.15) is 10.4 Å². The Morgan fingerprint density at radius 2 is 1.75 bits per heavy atom. The molecule has 0 saturated carbocycles. The zero-order chi connectivity index (χ0) is 12.3. The number of benzene rings is 1. The summed E-state index contributed by atoms with van der Waals surface area (Å²) in [6, 6.07) is 6.25. The molecule has 0 aliphatic carbocycles. The minimum absolute atomic E-state index is 0.383. The molecule has 0 fully saturated rings. The molecule has 0 radical (unpaired) electrons. The average molecular weight is 302 g/mol. The number of carbonyl (C=O) groups is 1. The number of nitrogens with two attached hydrogens (primary N) is 1. The summed E-state index contributed by atoms with van der Waals surface area (Å²) >= 11 is 22.2. The van der Waals surface area contributed by atoms with Crippen molar-refractivity contribution in [2.75, 3.05) is 0 Å². The van der Waals surface area contributed by atoms with E-state index < -0.39 is 15.9 Å². The molecule has 16 heavy (non-hydrogen) atoms. The van der Waals surface area contributed by atoms with E-state index in [1.807, 2.05) is 0 Å². The Hall–Kier alpha value is -0.190. The van der Waals surface area contributed by atoms with Gasteiger partial charge in [0, 0.05) is 10.6 Å². The number of carbonyl (C=O) groups excluding carboxylic acids is 1. The molecule has 1 aromatic rings. The Labute approximate surface area is 113 Å². The highest BCUT2D eigenvalue weighted by Gasteiger charge is 2.30. The first kappa shape index (κ1) is 13.9. The second-order valence-electron chi connectivity index (χ2n) is 3.00. The van der Waals surface area contributed by atoms with E-state index in [4.69, 9.17) is 52.1 Å².